The monoisotopic (exact) mass is 283 g/mol. The summed E-state index contributed by atoms with van der Waals surface area (Å²) in [5.41, 5.74) is 2.77. The first kappa shape index (κ1) is 12.1. The van der Waals surface area contributed by atoms with Crippen molar-refractivity contribution < 1.29 is 4.74 Å². The maximum atomic E-state index is 5.57. The molecule has 2 rings (SSSR count). The van der Waals surface area contributed by atoms with Crippen LogP contribution in [-0.4, -0.2) is 30.4 Å². The van der Waals surface area contributed by atoms with E-state index in [4.69, 9.17) is 4.74 Å². The lowest BCUT2D eigenvalue weighted by atomic mass is 9.97. The molecule has 0 radical (unpaired) electrons. The van der Waals surface area contributed by atoms with Crippen LogP contribution in [0.4, 0.5) is 0 Å². The molecule has 1 aromatic carbocycles. The van der Waals surface area contributed by atoms with Crippen molar-refractivity contribution in [2.24, 2.45) is 0 Å². The normalized spacial score (nSPS) is 20.8. The molecule has 0 spiro atoms. The molecule has 1 aromatic rings. The average molecular weight is 284 g/mol. The number of hydrogen-bond donors (Lipinski definition) is 0. The molecule has 3 heteroatoms. The summed E-state index contributed by atoms with van der Waals surface area (Å²) < 4.78 is 5.57. The van der Waals surface area contributed by atoms with Gasteiger partial charge >= 0.3 is 0 Å². The van der Waals surface area contributed by atoms with Crippen molar-refractivity contribution in [2.75, 3.05) is 25.5 Å². The van der Waals surface area contributed by atoms with Crippen LogP contribution in [0.3, 0.4) is 0 Å². The highest BCUT2D eigenvalue weighted by atomic mass is 79.9. The molecule has 88 valence electrons. The molecule has 1 atom stereocenters. The number of nitrogens with zero attached hydrogens (tertiary/aromatic N) is 1. The number of fused-ring (bicyclic) bond motifs is 1. The van der Waals surface area contributed by atoms with Crippen LogP contribution < -0.4 is 0 Å². The second kappa shape index (κ2) is 5.80. The van der Waals surface area contributed by atoms with Gasteiger partial charge < -0.3 is 4.74 Å². The predicted octanol–water partition coefficient (Wildman–Crippen LogP) is 2.97. The Labute approximate surface area is 106 Å². The number of benzene rings is 1. The highest BCUT2D eigenvalue weighted by Gasteiger charge is 2.23. The van der Waals surface area contributed by atoms with Gasteiger partial charge in [-0.05, 0) is 24.1 Å². The minimum Gasteiger partial charge on any atom is -0.375 e. The molecule has 0 bridgehead atoms. The Bertz CT molecular complexity index is 342. The first-order valence-corrected chi connectivity index (χ1v) is 6.86. The third-order valence-electron chi connectivity index (χ3n) is 3.11. The molecule has 1 heterocycles. The van der Waals surface area contributed by atoms with Gasteiger partial charge in [-0.25, -0.2) is 0 Å². The fraction of sp³-hybridized carbons (Fsp3) is 0.538. The largest absolute Gasteiger partial charge is 0.375 e. The molecule has 1 unspecified atom stereocenters. The van der Waals surface area contributed by atoms with E-state index in [1.165, 1.54) is 17.5 Å². The Kier molecular flexibility index (Phi) is 4.38. The third kappa shape index (κ3) is 2.65. The summed E-state index contributed by atoms with van der Waals surface area (Å²) in [6, 6.07) is 8.60. The van der Waals surface area contributed by atoms with Gasteiger partial charge in [0, 0.05) is 25.5 Å². The molecule has 2 nitrogen and oxygen atoms in total. The van der Waals surface area contributed by atoms with Crippen LogP contribution in [0.1, 0.15) is 23.7 Å². The van der Waals surface area contributed by atoms with Crippen LogP contribution in [0.25, 0.3) is 0 Å². The lowest BCUT2D eigenvalue weighted by Gasteiger charge is -2.33. The van der Waals surface area contributed by atoms with E-state index in [2.05, 4.69) is 45.1 Å². The van der Waals surface area contributed by atoms with Gasteiger partial charge in [-0.3, -0.25) is 4.90 Å². The van der Waals surface area contributed by atoms with Crippen LogP contribution in [0, 0.1) is 0 Å². The predicted molar refractivity (Wildman–Crippen MR) is 69.9 cm³/mol. The number of halogens is 1. The Morgan fingerprint density at radius 1 is 1.44 bits per heavy atom. The van der Waals surface area contributed by atoms with Gasteiger partial charge in [0.05, 0.1) is 6.10 Å². The molecule has 0 amide bonds. The van der Waals surface area contributed by atoms with E-state index in [1.54, 1.807) is 7.11 Å². The summed E-state index contributed by atoms with van der Waals surface area (Å²) in [5.74, 6) is 0. The first-order valence-electron chi connectivity index (χ1n) is 5.74. The zero-order valence-electron chi connectivity index (χ0n) is 9.66. The second-order valence-corrected chi connectivity index (χ2v) is 4.99. The van der Waals surface area contributed by atoms with Gasteiger partial charge in [0.2, 0.25) is 0 Å². The van der Waals surface area contributed by atoms with Gasteiger partial charge in [-0.15, -0.1) is 0 Å². The van der Waals surface area contributed by atoms with Crippen molar-refractivity contribution in [3.05, 3.63) is 35.4 Å². The lowest BCUT2D eigenvalue weighted by Crippen LogP contribution is -2.35. The van der Waals surface area contributed by atoms with E-state index >= 15 is 0 Å². The molecule has 0 saturated carbocycles. The average Bonchev–Trinajstić information content (AvgIpc) is 2.35. The number of methoxy groups -OCH3 is 1. The van der Waals surface area contributed by atoms with Crippen molar-refractivity contribution >= 4 is 15.9 Å². The highest BCUT2D eigenvalue weighted by Crippen LogP contribution is 2.28. The van der Waals surface area contributed by atoms with E-state index in [9.17, 15) is 0 Å². The van der Waals surface area contributed by atoms with Crippen molar-refractivity contribution in [3.63, 3.8) is 0 Å². The Hall–Kier alpha value is -0.380. The van der Waals surface area contributed by atoms with E-state index in [-0.39, 0.29) is 6.10 Å². The third-order valence-corrected chi connectivity index (χ3v) is 3.67. The van der Waals surface area contributed by atoms with Crippen LogP contribution >= 0.6 is 15.9 Å². The Morgan fingerprint density at radius 2 is 2.25 bits per heavy atom. The summed E-state index contributed by atoms with van der Waals surface area (Å²) in [6.45, 7) is 3.21. The summed E-state index contributed by atoms with van der Waals surface area (Å²) in [5, 5.41) is 1.07. The maximum Gasteiger partial charge on any atom is 0.0951 e. The molecule has 0 aromatic heterocycles. The van der Waals surface area contributed by atoms with Crippen LogP contribution in [-0.2, 0) is 11.3 Å². The highest BCUT2D eigenvalue weighted by molar-refractivity contribution is 9.09. The number of hydrogen-bond acceptors (Lipinski definition) is 2. The van der Waals surface area contributed by atoms with Crippen molar-refractivity contribution in [2.45, 2.75) is 19.1 Å². The molecule has 1 aliphatic rings. The van der Waals surface area contributed by atoms with Crippen molar-refractivity contribution in [1.29, 1.82) is 0 Å². The van der Waals surface area contributed by atoms with Crippen molar-refractivity contribution in [1.82, 2.24) is 4.90 Å². The van der Waals surface area contributed by atoms with Crippen LogP contribution in [0.5, 0.6) is 0 Å². The molecule has 0 saturated heterocycles. The number of alkyl halides is 1. The van der Waals surface area contributed by atoms with Crippen LogP contribution in [0.15, 0.2) is 24.3 Å². The molecule has 1 aliphatic heterocycles. The summed E-state index contributed by atoms with van der Waals surface area (Å²) >= 11 is 3.48. The lowest BCUT2D eigenvalue weighted by molar-refractivity contribution is 0.0483. The molecule has 16 heavy (non-hydrogen) atoms. The van der Waals surface area contributed by atoms with Gasteiger partial charge in [-0.1, -0.05) is 40.2 Å². The molecule has 0 aliphatic carbocycles. The minimum absolute atomic E-state index is 0.236. The topological polar surface area (TPSA) is 12.5 Å². The molecule has 0 fully saturated rings. The summed E-state index contributed by atoms with van der Waals surface area (Å²) in [6.07, 6.45) is 1.43. The van der Waals surface area contributed by atoms with Gasteiger partial charge in [0.25, 0.3) is 0 Å². The van der Waals surface area contributed by atoms with E-state index in [0.29, 0.717) is 0 Å². The fourth-order valence-corrected chi connectivity index (χ4v) is 2.54. The Balaban J connectivity index is 2.12. The SMILES string of the molecule is COC1CN(CCCBr)Cc2ccccc21. The number of ether oxygens (including phenoxy) is 1. The van der Waals surface area contributed by atoms with E-state index < -0.39 is 0 Å². The van der Waals surface area contributed by atoms with Gasteiger partial charge in [0.15, 0.2) is 0 Å². The summed E-state index contributed by atoms with van der Waals surface area (Å²) in [4.78, 5) is 2.47. The molecule has 0 N–H and O–H groups in total. The quantitative estimate of drug-likeness (QED) is 0.788. The molecular formula is C13H18BrNO. The molecular weight excluding hydrogens is 266 g/mol. The van der Waals surface area contributed by atoms with Gasteiger partial charge in [-0.2, -0.15) is 0 Å². The zero-order valence-corrected chi connectivity index (χ0v) is 11.2. The van der Waals surface area contributed by atoms with Crippen LogP contribution in [0.2, 0.25) is 0 Å². The fourth-order valence-electron chi connectivity index (χ4n) is 2.29. The smallest absolute Gasteiger partial charge is 0.0951 e. The standard InChI is InChI=1S/C13H18BrNO/c1-16-13-10-15(8-4-7-14)9-11-5-2-3-6-12(11)13/h2-3,5-6,13H,4,7-10H2,1H3. The van der Waals surface area contributed by atoms with Gasteiger partial charge in [0.1, 0.15) is 0 Å². The van der Waals surface area contributed by atoms with E-state index in [1.807, 2.05) is 0 Å². The maximum absolute atomic E-state index is 5.57. The first-order chi connectivity index (χ1) is 7.85. The minimum atomic E-state index is 0.236. The van der Waals surface area contributed by atoms with E-state index in [0.717, 1.165) is 25.0 Å². The number of rotatable bonds is 4. The van der Waals surface area contributed by atoms with Crippen molar-refractivity contribution in [3.8, 4) is 0 Å². The summed E-state index contributed by atoms with van der Waals surface area (Å²) in [7, 11) is 1.80. The Morgan fingerprint density at radius 3 is 3.00 bits per heavy atom. The zero-order chi connectivity index (χ0) is 11.4. The second-order valence-electron chi connectivity index (χ2n) is 4.20.